The predicted octanol–water partition coefficient (Wildman–Crippen LogP) is 5.60. The molecule has 1 aliphatic heterocycles. The maximum Gasteiger partial charge on any atom is 0.394 e. The number of methoxy groups -OCH3 is 1. The first-order chi connectivity index (χ1) is 14.2. The van der Waals surface area contributed by atoms with Crippen LogP contribution < -0.4 is 0 Å². The molecule has 2 aliphatic rings. The Morgan fingerprint density at radius 2 is 2.03 bits per heavy atom. The summed E-state index contributed by atoms with van der Waals surface area (Å²) in [6.07, 6.45) is 3.26. The van der Waals surface area contributed by atoms with Crippen molar-refractivity contribution in [1.82, 2.24) is 0 Å². The molecule has 0 aromatic carbocycles. The molecule has 4 nitrogen and oxygen atoms in total. The Hall–Kier alpha value is -0.350. The van der Waals surface area contributed by atoms with E-state index in [1.807, 2.05) is 6.92 Å². The molecule has 0 radical (unpaired) electrons. The van der Waals surface area contributed by atoms with Gasteiger partial charge in [-0.3, -0.25) is 4.79 Å². The second-order valence-corrected chi connectivity index (χ2v) is 10.1. The first kappa shape index (κ1) is 25.9. The summed E-state index contributed by atoms with van der Waals surface area (Å²) >= 11 is 2.37. The third-order valence-corrected chi connectivity index (χ3v) is 7.84. The van der Waals surface area contributed by atoms with Crippen molar-refractivity contribution < 1.29 is 32.5 Å². The lowest BCUT2D eigenvalue weighted by atomic mass is 9.88. The van der Waals surface area contributed by atoms with Gasteiger partial charge in [-0.05, 0) is 50.4 Å². The average Bonchev–Trinajstić information content (AvgIpc) is 3.26. The highest BCUT2D eigenvalue weighted by molar-refractivity contribution is 14.1. The molecule has 7 atom stereocenters. The number of aliphatic hydroxyl groups excluding tert-OH is 1. The van der Waals surface area contributed by atoms with Gasteiger partial charge in [0.05, 0.1) is 31.3 Å². The zero-order valence-corrected chi connectivity index (χ0v) is 19.9. The van der Waals surface area contributed by atoms with Crippen LogP contribution in [-0.2, 0) is 14.3 Å². The summed E-state index contributed by atoms with van der Waals surface area (Å²) in [5.74, 6) is -1.47. The number of halogens is 4. The van der Waals surface area contributed by atoms with E-state index in [9.17, 15) is 23.1 Å². The van der Waals surface area contributed by atoms with E-state index in [0.29, 0.717) is 19.3 Å². The van der Waals surface area contributed by atoms with Gasteiger partial charge < -0.3 is 14.6 Å². The highest BCUT2D eigenvalue weighted by Gasteiger charge is 2.46. The Morgan fingerprint density at radius 3 is 2.67 bits per heavy atom. The molecule has 1 saturated heterocycles. The van der Waals surface area contributed by atoms with Gasteiger partial charge in [0, 0.05) is 10.3 Å². The SMILES string of the molecule is CCCC[C@H]([C@H](O)/C=C/[C@H]1CC[C@@H]2O[C@H]([C@@H](I)CCCC(=O)OC)C[C@@H]21)C(F)(F)F. The highest BCUT2D eigenvalue weighted by Crippen LogP contribution is 2.46. The van der Waals surface area contributed by atoms with Crippen LogP contribution in [0.15, 0.2) is 12.2 Å². The van der Waals surface area contributed by atoms with E-state index in [-0.39, 0.29) is 40.4 Å². The molecule has 30 heavy (non-hydrogen) atoms. The van der Waals surface area contributed by atoms with E-state index >= 15 is 0 Å². The molecule has 0 spiro atoms. The molecule has 1 N–H and O–H groups in total. The molecule has 1 saturated carbocycles. The maximum atomic E-state index is 13.3. The molecule has 1 aliphatic carbocycles. The number of hydrogen-bond acceptors (Lipinski definition) is 4. The van der Waals surface area contributed by atoms with Crippen molar-refractivity contribution >= 4 is 28.6 Å². The smallest absolute Gasteiger partial charge is 0.394 e. The molecule has 174 valence electrons. The molecule has 2 fully saturated rings. The van der Waals surface area contributed by atoms with E-state index in [4.69, 9.17) is 4.74 Å². The van der Waals surface area contributed by atoms with Crippen LogP contribution in [0.1, 0.15) is 64.7 Å². The van der Waals surface area contributed by atoms with Gasteiger partial charge in [-0.15, -0.1) is 0 Å². The van der Waals surface area contributed by atoms with Crippen LogP contribution in [0.2, 0.25) is 0 Å². The molecule has 0 amide bonds. The van der Waals surface area contributed by atoms with E-state index in [2.05, 4.69) is 27.3 Å². The predicted molar refractivity (Wildman–Crippen MR) is 117 cm³/mol. The summed E-state index contributed by atoms with van der Waals surface area (Å²) in [4.78, 5) is 11.3. The Balaban J connectivity index is 1.88. The van der Waals surface area contributed by atoms with E-state index in [1.165, 1.54) is 13.2 Å². The van der Waals surface area contributed by atoms with Crippen LogP contribution >= 0.6 is 22.6 Å². The van der Waals surface area contributed by atoms with Gasteiger partial charge in [-0.1, -0.05) is 54.5 Å². The molecule has 0 unspecified atom stereocenters. The summed E-state index contributed by atoms with van der Waals surface area (Å²) in [6.45, 7) is 1.85. The zero-order chi connectivity index (χ0) is 22.3. The standard InChI is InChI=1S/C22H34F3IO4/c1-3-4-6-16(22(23,24)25)18(27)11-9-14-10-12-19-15(14)13-20(30-19)17(26)7-5-8-21(28)29-2/h9,11,14-20,27H,3-8,10,12-13H2,1-2H3/b11-9+/t14-,15+,16+,17-,18+,19-,20-/m0/s1. The van der Waals surface area contributed by atoms with Gasteiger partial charge in [0.2, 0.25) is 0 Å². The number of allylic oxidation sites excluding steroid dienone is 1. The van der Waals surface area contributed by atoms with Crippen molar-refractivity contribution in [3.05, 3.63) is 12.2 Å². The second kappa shape index (κ2) is 12.0. The fourth-order valence-electron chi connectivity index (χ4n) is 4.65. The first-order valence-corrected chi connectivity index (χ1v) is 12.2. The fourth-order valence-corrected chi connectivity index (χ4v) is 5.55. The summed E-state index contributed by atoms with van der Waals surface area (Å²) in [7, 11) is 1.39. The largest absolute Gasteiger partial charge is 0.469 e. The van der Waals surface area contributed by atoms with Gasteiger partial charge in [0.15, 0.2) is 0 Å². The van der Waals surface area contributed by atoms with E-state index < -0.39 is 18.2 Å². The number of alkyl halides is 4. The Labute approximate surface area is 191 Å². The number of rotatable bonds is 11. The van der Waals surface area contributed by atoms with Gasteiger partial charge in [-0.25, -0.2) is 0 Å². The van der Waals surface area contributed by atoms with Crippen molar-refractivity contribution in [2.24, 2.45) is 17.8 Å². The van der Waals surface area contributed by atoms with Crippen molar-refractivity contribution in [3.8, 4) is 0 Å². The van der Waals surface area contributed by atoms with Crippen LogP contribution in [0.4, 0.5) is 13.2 Å². The number of carbonyl (C=O) groups is 1. The van der Waals surface area contributed by atoms with Gasteiger partial charge in [-0.2, -0.15) is 13.2 Å². The zero-order valence-electron chi connectivity index (χ0n) is 17.7. The molecule has 0 bridgehead atoms. The molecule has 0 aromatic heterocycles. The number of hydrogen-bond donors (Lipinski definition) is 1. The van der Waals surface area contributed by atoms with Gasteiger partial charge >= 0.3 is 12.1 Å². The summed E-state index contributed by atoms with van der Waals surface area (Å²) in [5, 5.41) is 10.2. The number of ether oxygens (including phenoxy) is 2. The Bertz CT molecular complexity index is 569. The molecule has 2 rings (SSSR count). The minimum atomic E-state index is -4.39. The topological polar surface area (TPSA) is 55.8 Å². The van der Waals surface area contributed by atoms with Crippen LogP contribution in [0.25, 0.3) is 0 Å². The molecule has 1 heterocycles. The lowest BCUT2D eigenvalue weighted by Crippen LogP contribution is -2.33. The van der Waals surface area contributed by atoms with E-state index in [1.54, 1.807) is 6.08 Å². The number of aliphatic hydroxyl groups is 1. The normalized spacial score (nSPS) is 29.7. The molecular weight excluding hydrogens is 512 g/mol. The lowest BCUT2D eigenvalue weighted by Gasteiger charge is -2.24. The van der Waals surface area contributed by atoms with Crippen molar-refractivity contribution in [3.63, 3.8) is 0 Å². The van der Waals surface area contributed by atoms with Gasteiger partial charge in [0.1, 0.15) is 0 Å². The fraction of sp³-hybridized carbons (Fsp3) is 0.864. The number of unbranched alkanes of at least 4 members (excludes halogenated alkanes) is 1. The van der Waals surface area contributed by atoms with Crippen LogP contribution in [-0.4, -0.2) is 46.6 Å². The Kier molecular flexibility index (Phi) is 10.4. The van der Waals surface area contributed by atoms with Crippen molar-refractivity contribution in [2.75, 3.05) is 7.11 Å². The number of esters is 1. The minimum Gasteiger partial charge on any atom is -0.469 e. The van der Waals surface area contributed by atoms with Crippen LogP contribution in [0.5, 0.6) is 0 Å². The summed E-state index contributed by atoms with van der Waals surface area (Å²) in [6, 6.07) is 0. The lowest BCUT2D eigenvalue weighted by molar-refractivity contribution is -0.195. The maximum absolute atomic E-state index is 13.3. The first-order valence-electron chi connectivity index (χ1n) is 11.0. The number of fused-ring (bicyclic) bond motifs is 1. The molecular formula is C22H34F3IO4. The minimum absolute atomic E-state index is 0.0461. The third-order valence-electron chi connectivity index (χ3n) is 6.41. The highest BCUT2D eigenvalue weighted by atomic mass is 127. The molecule has 8 heteroatoms. The summed E-state index contributed by atoms with van der Waals surface area (Å²) in [5.41, 5.74) is 0. The van der Waals surface area contributed by atoms with Crippen molar-refractivity contribution in [1.29, 1.82) is 0 Å². The molecule has 0 aromatic rings. The Morgan fingerprint density at radius 1 is 1.30 bits per heavy atom. The number of carbonyl (C=O) groups excluding carboxylic acids is 1. The monoisotopic (exact) mass is 546 g/mol. The van der Waals surface area contributed by atoms with Crippen molar-refractivity contribution in [2.45, 2.75) is 93.1 Å². The third kappa shape index (κ3) is 7.36. The van der Waals surface area contributed by atoms with Crippen LogP contribution in [0.3, 0.4) is 0 Å². The quantitative estimate of drug-likeness (QED) is 0.159. The van der Waals surface area contributed by atoms with E-state index in [0.717, 1.165) is 32.1 Å². The van der Waals surface area contributed by atoms with Gasteiger partial charge in [0.25, 0.3) is 0 Å². The van der Waals surface area contributed by atoms with Crippen LogP contribution in [0, 0.1) is 17.8 Å². The average molecular weight is 546 g/mol. The second-order valence-electron chi connectivity index (χ2n) is 8.50. The summed E-state index contributed by atoms with van der Waals surface area (Å²) < 4.78 is 51.0.